The van der Waals surface area contributed by atoms with Gasteiger partial charge in [-0.1, -0.05) is 6.42 Å². The molecule has 0 amide bonds. The van der Waals surface area contributed by atoms with Gasteiger partial charge in [-0.05, 0) is 19.8 Å². The topological polar surface area (TPSA) is 75.6 Å². The summed E-state index contributed by atoms with van der Waals surface area (Å²) in [4.78, 5) is 19.0. The SMILES string of the molecule is CCNC(=NCCCCCC(=O)OC)NCCc1nc(C(F)(F)F)cs1.I. The first-order valence-corrected chi connectivity index (χ1v) is 9.35. The summed E-state index contributed by atoms with van der Waals surface area (Å²) in [6, 6.07) is 0. The normalized spacial score (nSPS) is 11.7. The van der Waals surface area contributed by atoms with E-state index in [0.29, 0.717) is 43.4 Å². The van der Waals surface area contributed by atoms with E-state index < -0.39 is 11.9 Å². The second-order valence-corrected chi connectivity index (χ2v) is 6.39. The standard InChI is InChI=1S/C16H25F3N4O2S.HI/c1-3-20-15(21-9-6-4-5-7-14(24)25-2)22-10-8-13-23-12(11-26-13)16(17,18)19;/h11H,3-10H2,1-2H3,(H2,20,21,22);1H. The van der Waals surface area contributed by atoms with Gasteiger partial charge in [0, 0.05) is 37.9 Å². The molecular weight excluding hydrogens is 496 g/mol. The number of aromatic nitrogens is 1. The molecule has 2 N–H and O–H groups in total. The van der Waals surface area contributed by atoms with Crippen LogP contribution in [0.15, 0.2) is 10.4 Å². The quantitative estimate of drug-likeness (QED) is 0.162. The zero-order valence-corrected chi connectivity index (χ0v) is 18.5. The number of methoxy groups -OCH3 is 1. The molecule has 0 aliphatic carbocycles. The van der Waals surface area contributed by atoms with Crippen molar-refractivity contribution in [3.05, 3.63) is 16.1 Å². The molecule has 0 bridgehead atoms. The fraction of sp³-hybridized carbons (Fsp3) is 0.688. The van der Waals surface area contributed by atoms with E-state index in [2.05, 4.69) is 25.3 Å². The number of unbranched alkanes of at least 4 members (excludes halogenated alkanes) is 2. The van der Waals surface area contributed by atoms with Gasteiger partial charge in [0.05, 0.1) is 12.1 Å². The number of hydrogen-bond donors (Lipinski definition) is 2. The lowest BCUT2D eigenvalue weighted by molar-refractivity contribution is -0.141. The third-order valence-corrected chi connectivity index (χ3v) is 4.26. The molecule has 0 atom stereocenters. The van der Waals surface area contributed by atoms with Crippen molar-refractivity contribution < 1.29 is 22.7 Å². The molecule has 1 aromatic rings. The van der Waals surface area contributed by atoms with Crippen molar-refractivity contribution in [2.45, 2.75) is 45.2 Å². The Morgan fingerprint density at radius 2 is 2.04 bits per heavy atom. The Morgan fingerprint density at radius 1 is 1.30 bits per heavy atom. The average molecular weight is 522 g/mol. The maximum absolute atomic E-state index is 12.5. The summed E-state index contributed by atoms with van der Waals surface area (Å²) in [6.45, 7) is 3.67. The third-order valence-electron chi connectivity index (χ3n) is 3.35. The van der Waals surface area contributed by atoms with Crippen LogP contribution in [0, 0.1) is 0 Å². The van der Waals surface area contributed by atoms with E-state index >= 15 is 0 Å². The van der Waals surface area contributed by atoms with Crippen LogP contribution in [0.25, 0.3) is 0 Å². The minimum absolute atomic E-state index is 0. The van der Waals surface area contributed by atoms with Gasteiger partial charge in [0.25, 0.3) is 0 Å². The summed E-state index contributed by atoms with van der Waals surface area (Å²) >= 11 is 1.00. The Bertz CT molecular complexity index is 582. The Balaban J connectivity index is 0.00000676. The molecule has 0 unspecified atom stereocenters. The highest BCUT2D eigenvalue weighted by Crippen LogP contribution is 2.29. The zero-order valence-electron chi connectivity index (χ0n) is 15.4. The number of carbonyl (C=O) groups is 1. The molecule has 156 valence electrons. The molecule has 0 saturated carbocycles. The summed E-state index contributed by atoms with van der Waals surface area (Å²) in [5.41, 5.74) is -0.843. The van der Waals surface area contributed by atoms with E-state index in [4.69, 9.17) is 0 Å². The van der Waals surface area contributed by atoms with E-state index in [1.165, 1.54) is 7.11 Å². The van der Waals surface area contributed by atoms with E-state index in [9.17, 15) is 18.0 Å². The number of rotatable bonds is 10. The number of ether oxygens (including phenoxy) is 1. The molecule has 0 aliphatic rings. The molecule has 0 aliphatic heterocycles. The summed E-state index contributed by atoms with van der Waals surface area (Å²) in [7, 11) is 1.37. The van der Waals surface area contributed by atoms with E-state index in [1.54, 1.807) is 0 Å². The summed E-state index contributed by atoms with van der Waals surface area (Å²) < 4.78 is 42.1. The van der Waals surface area contributed by atoms with E-state index in [-0.39, 0.29) is 29.9 Å². The Morgan fingerprint density at radius 3 is 2.63 bits per heavy atom. The smallest absolute Gasteiger partial charge is 0.434 e. The van der Waals surface area contributed by atoms with Crippen molar-refractivity contribution in [3.63, 3.8) is 0 Å². The maximum Gasteiger partial charge on any atom is 0.434 e. The van der Waals surface area contributed by atoms with Crippen molar-refractivity contribution in [1.29, 1.82) is 0 Å². The van der Waals surface area contributed by atoms with Crippen LogP contribution < -0.4 is 10.6 Å². The number of nitrogens with one attached hydrogen (secondary N) is 2. The van der Waals surface area contributed by atoms with Crippen molar-refractivity contribution in [2.24, 2.45) is 4.99 Å². The van der Waals surface area contributed by atoms with E-state index in [1.807, 2.05) is 6.92 Å². The van der Waals surface area contributed by atoms with Gasteiger partial charge in [0.2, 0.25) is 0 Å². The first-order chi connectivity index (χ1) is 12.4. The molecule has 6 nitrogen and oxygen atoms in total. The van der Waals surface area contributed by atoms with Gasteiger partial charge in [-0.3, -0.25) is 9.79 Å². The number of esters is 1. The lowest BCUT2D eigenvalue weighted by atomic mass is 10.2. The summed E-state index contributed by atoms with van der Waals surface area (Å²) in [6.07, 6.45) is -1.12. The van der Waals surface area contributed by atoms with Crippen LogP contribution in [0.4, 0.5) is 13.2 Å². The summed E-state index contributed by atoms with van der Waals surface area (Å²) in [5, 5.41) is 7.63. The fourth-order valence-electron chi connectivity index (χ4n) is 2.04. The lowest BCUT2D eigenvalue weighted by Crippen LogP contribution is -2.38. The number of alkyl halides is 3. The minimum atomic E-state index is -4.40. The third kappa shape index (κ3) is 11.4. The first kappa shape index (κ1) is 25.9. The predicted octanol–water partition coefficient (Wildman–Crippen LogP) is 3.61. The van der Waals surface area contributed by atoms with Gasteiger partial charge in [0.15, 0.2) is 11.7 Å². The van der Waals surface area contributed by atoms with Crippen molar-refractivity contribution in [2.75, 3.05) is 26.7 Å². The molecule has 11 heteroatoms. The molecular formula is C16H26F3IN4O2S. The zero-order chi connectivity index (χ0) is 19.4. The van der Waals surface area contributed by atoms with Gasteiger partial charge in [-0.2, -0.15) is 13.2 Å². The molecule has 0 saturated heterocycles. The largest absolute Gasteiger partial charge is 0.469 e. The Kier molecular flexibility index (Phi) is 13.4. The second-order valence-electron chi connectivity index (χ2n) is 5.45. The van der Waals surface area contributed by atoms with Crippen molar-refractivity contribution in [3.8, 4) is 0 Å². The van der Waals surface area contributed by atoms with E-state index in [0.717, 1.165) is 36.0 Å². The molecule has 1 heterocycles. The van der Waals surface area contributed by atoms with Crippen LogP contribution >= 0.6 is 35.3 Å². The number of thiazole rings is 1. The number of guanidine groups is 1. The minimum Gasteiger partial charge on any atom is -0.469 e. The Labute approximate surface area is 178 Å². The molecule has 1 aromatic heterocycles. The number of hydrogen-bond acceptors (Lipinski definition) is 5. The van der Waals surface area contributed by atoms with Gasteiger partial charge in [-0.25, -0.2) is 4.98 Å². The van der Waals surface area contributed by atoms with Gasteiger partial charge in [0.1, 0.15) is 0 Å². The molecule has 0 spiro atoms. The molecule has 1 rings (SSSR count). The number of aliphatic imine (C=N–C) groups is 1. The number of carbonyl (C=O) groups excluding carboxylic acids is 1. The van der Waals surface area contributed by atoms with Gasteiger partial charge < -0.3 is 15.4 Å². The maximum atomic E-state index is 12.5. The van der Waals surface area contributed by atoms with Crippen LogP contribution in [0.5, 0.6) is 0 Å². The highest BCUT2D eigenvalue weighted by molar-refractivity contribution is 14.0. The molecule has 27 heavy (non-hydrogen) atoms. The van der Waals surface area contributed by atoms with Crippen LogP contribution in [-0.4, -0.2) is 43.7 Å². The summed E-state index contributed by atoms with van der Waals surface area (Å²) in [5.74, 6) is 0.410. The van der Waals surface area contributed by atoms with Crippen LogP contribution in [0.1, 0.15) is 43.3 Å². The van der Waals surface area contributed by atoms with Crippen molar-refractivity contribution >= 4 is 47.2 Å². The van der Waals surface area contributed by atoms with Gasteiger partial charge >= 0.3 is 12.1 Å². The molecule has 0 fully saturated rings. The first-order valence-electron chi connectivity index (χ1n) is 8.47. The lowest BCUT2D eigenvalue weighted by Gasteiger charge is -2.10. The van der Waals surface area contributed by atoms with Crippen LogP contribution in [0.2, 0.25) is 0 Å². The number of halogens is 4. The highest BCUT2D eigenvalue weighted by atomic mass is 127. The second kappa shape index (κ2) is 14.0. The number of nitrogens with zero attached hydrogens (tertiary/aromatic N) is 2. The fourth-order valence-corrected chi connectivity index (χ4v) is 2.84. The highest BCUT2D eigenvalue weighted by Gasteiger charge is 2.33. The average Bonchev–Trinajstić information content (AvgIpc) is 3.06. The Hall–Kier alpha value is -1.11. The van der Waals surface area contributed by atoms with Crippen LogP contribution in [0.3, 0.4) is 0 Å². The molecule has 0 aromatic carbocycles. The monoisotopic (exact) mass is 522 g/mol. The molecule has 0 radical (unpaired) electrons. The van der Waals surface area contributed by atoms with Gasteiger partial charge in [-0.15, -0.1) is 35.3 Å². The van der Waals surface area contributed by atoms with Crippen LogP contribution in [-0.2, 0) is 22.1 Å². The van der Waals surface area contributed by atoms with Crippen molar-refractivity contribution in [1.82, 2.24) is 15.6 Å². The predicted molar refractivity (Wildman–Crippen MR) is 111 cm³/mol.